The minimum Gasteiger partial charge on any atom is -0.328 e. The van der Waals surface area contributed by atoms with Gasteiger partial charge in [-0.25, -0.2) is 9.79 Å². The number of hydrogen-bond donors (Lipinski definition) is 3. The summed E-state index contributed by atoms with van der Waals surface area (Å²) in [7, 11) is 0. The average Bonchev–Trinajstić information content (AvgIpc) is 3.31. The smallest absolute Gasteiger partial charge is 0.328 e. The van der Waals surface area contributed by atoms with Gasteiger partial charge in [-0.3, -0.25) is 9.89 Å². The Bertz CT molecular complexity index is 1470. The van der Waals surface area contributed by atoms with Gasteiger partial charge >= 0.3 is 12.2 Å². The van der Waals surface area contributed by atoms with Crippen molar-refractivity contribution in [1.29, 1.82) is 0 Å². The van der Waals surface area contributed by atoms with Crippen LogP contribution in [0.25, 0.3) is 22.0 Å². The molecule has 3 amide bonds. The second-order valence-corrected chi connectivity index (χ2v) is 8.52. The fourth-order valence-electron chi connectivity index (χ4n) is 4.31. The lowest BCUT2D eigenvalue weighted by molar-refractivity contribution is -0.137. The second-order valence-electron chi connectivity index (χ2n) is 8.52. The summed E-state index contributed by atoms with van der Waals surface area (Å²) >= 11 is 0. The normalized spacial score (nSPS) is 18.0. The number of alkyl halides is 3. The molecule has 3 aromatic carbocycles. The summed E-state index contributed by atoms with van der Waals surface area (Å²) in [5, 5.41) is 13.3. The molecule has 1 aliphatic heterocycles. The third kappa shape index (κ3) is 4.57. The number of H-pyrrole nitrogens is 1. The van der Waals surface area contributed by atoms with Crippen molar-refractivity contribution < 1.29 is 22.8 Å². The third-order valence-corrected chi connectivity index (χ3v) is 6.15. The maximum atomic E-state index is 13.3. The van der Waals surface area contributed by atoms with E-state index in [4.69, 9.17) is 0 Å². The van der Waals surface area contributed by atoms with Gasteiger partial charge in [0.15, 0.2) is 0 Å². The monoisotopic (exact) mass is 491 g/mol. The molecule has 0 bridgehead atoms. The molecule has 36 heavy (non-hydrogen) atoms. The number of rotatable bonds is 4. The first-order valence-corrected chi connectivity index (χ1v) is 11.1. The summed E-state index contributed by atoms with van der Waals surface area (Å²) < 4.78 is 38.6. The van der Waals surface area contributed by atoms with Gasteiger partial charge in [-0.15, -0.1) is 0 Å². The predicted molar refractivity (Wildman–Crippen MR) is 129 cm³/mol. The van der Waals surface area contributed by atoms with E-state index in [9.17, 15) is 22.8 Å². The van der Waals surface area contributed by atoms with Crippen LogP contribution in [0.4, 0.5) is 23.7 Å². The minimum absolute atomic E-state index is 0.337. The summed E-state index contributed by atoms with van der Waals surface area (Å²) in [5.74, 6) is -1.10. The van der Waals surface area contributed by atoms with Crippen LogP contribution in [0.5, 0.6) is 0 Å². The number of carbonyl (C=O) groups excluding carboxylic acids is 2. The minimum atomic E-state index is -4.40. The second kappa shape index (κ2) is 8.95. The molecule has 2 unspecified atom stereocenters. The highest BCUT2D eigenvalue weighted by Crippen LogP contribution is 2.33. The van der Waals surface area contributed by atoms with Crippen molar-refractivity contribution in [2.75, 3.05) is 5.32 Å². The predicted octanol–water partition coefficient (Wildman–Crippen LogP) is 5.73. The molecule has 1 aromatic heterocycles. The van der Waals surface area contributed by atoms with Gasteiger partial charge in [0.1, 0.15) is 5.92 Å². The maximum Gasteiger partial charge on any atom is 0.416 e. The lowest BCUT2D eigenvalue weighted by Crippen LogP contribution is -2.45. The number of halogens is 3. The highest BCUT2D eigenvalue weighted by atomic mass is 19.4. The summed E-state index contributed by atoms with van der Waals surface area (Å²) in [6.45, 7) is 1.63. The Labute approximate surface area is 203 Å². The molecule has 2 atom stereocenters. The summed E-state index contributed by atoms with van der Waals surface area (Å²) in [4.78, 5) is 29.4. The zero-order valence-electron chi connectivity index (χ0n) is 18.9. The number of hydrogen-bond acceptors (Lipinski definition) is 3. The van der Waals surface area contributed by atoms with E-state index in [-0.39, 0.29) is 5.91 Å². The Morgan fingerprint density at radius 2 is 1.64 bits per heavy atom. The Hall–Kier alpha value is -4.47. The van der Waals surface area contributed by atoms with Crippen LogP contribution in [-0.4, -0.2) is 27.8 Å². The van der Waals surface area contributed by atoms with E-state index >= 15 is 0 Å². The van der Waals surface area contributed by atoms with Gasteiger partial charge in [0, 0.05) is 16.8 Å². The lowest BCUT2D eigenvalue weighted by Gasteiger charge is -2.30. The largest absolute Gasteiger partial charge is 0.416 e. The molecule has 5 rings (SSSR count). The molecule has 2 heterocycles. The van der Waals surface area contributed by atoms with E-state index in [2.05, 4.69) is 25.8 Å². The van der Waals surface area contributed by atoms with Crippen molar-refractivity contribution in [3.8, 4) is 11.1 Å². The lowest BCUT2D eigenvalue weighted by atomic mass is 9.86. The number of aliphatic imine (C=N–C) groups is 1. The summed E-state index contributed by atoms with van der Waals surface area (Å²) in [6.07, 6.45) is -2.75. The number of aromatic nitrogens is 2. The number of aromatic amines is 1. The number of fused-ring (bicyclic) bond motifs is 1. The fourth-order valence-corrected chi connectivity index (χ4v) is 4.31. The first-order valence-electron chi connectivity index (χ1n) is 11.1. The molecule has 182 valence electrons. The number of nitrogens with zero attached hydrogens (tertiary/aromatic N) is 2. The zero-order chi connectivity index (χ0) is 25.4. The molecule has 0 aliphatic carbocycles. The van der Waals surface area contributed by atoms with Gasteiger partial charge in [0.05, 0.1) is 23.3 Å². The molecule has 0 saturated carbocycles. The molecule has 0 radical (unpaired) electrons. The van der Waals surface area contributed by atoms with Crippen molar-refractivity contribution in [3.05, 3.63) is 84.1 Å². The standard InChI is InChI=1S/C26H20F3N5O2/c1-14-22(24(35)32-20-10-11-21-18(12-20)13-30-34-21)23(33-25(36)31-14)17-4-2-15(3-5-17)16-6-8-19(9-7-16)26(27,28)29/h2-13,22-23H,1H3,(H,30,34)(H,32,35)(H,33,36). The Morgan fingerprint density at radius 3 is 2.31 bits per heavy atom. The van der Waals surface area contributed by atoms with Gasteiger partial charge < -0.3 is 10.6 Å². The van der Waals surface area contributed by atoms with Crippen molar-refractivity contribution in [1.82, 2.24) is 15.5 Å². The van der Waals surface area contributed by atoms with Crippen molar-refractivity contribution in [2.45, 2.75) is 19.1 Å². The molecular formula is C26H20F3N5O2. The molecule has 0 saturated heterocycles. The third-order valence-electron chi connectivity index (χ3n) is 6.15. The number of benzene rings is 3. The van der Waals surface area contributed by atoms with Crippen LogP contribution in [0.3, 0.4) is 0 Å². The van der Waals surface area contributed by atoms with Crippen molar-refractivity contribution in [2.24, 2.45) is 10.9 Å². The highest BCUT2D eigenvalue weighted by Gasteiger charge is 2.37. The van der Waals surface area contributed by atoms with E-state index in [0.29, 0.717) is 28.1 Å². The van der Waals surface area contributed by atoms with Gasteiger partial charge in [-0.05, 0) is 53.9 Å². The SMILES string of the molecule is CC1=NC(=O)NC(c2ccc(-c3ccc(C(F)(F)F)cc3)cc2)C1C(=O)Nc1ccc2[nH]ncc2c1. The van der Waals surface area contributed by atoms with Crippen LogP contribution in [0, 0.1) is 5.92 Å². The first-order chi connectivity index (χ1) is 17.2. The molecule has 0 spiro atoms. The molecule has 0 fully saturated rings. The quantitative estimate of drug-likeness (QED) is 0.340. The Balaban J connectivity index is 1.39. The van der Waals surface area contributed by atoms with Gasteiger partial charge in [-0.2, -0.15) is 18.3 Å². The fraction of sp³-hybridized carbons (Fsp3) is 0.154. The van der Waals surface area contributed by atoms with Crippen LogP contribution in [-0.2, 0) is 11.0 Å². The van der Waals surface area contributed by atoms with Gasteiger partial charge in [-0.1, -0.05) is 36.4 Å². The summed E-state index contributed by atoms with van der Waals surface area (Å²) in [6, 6.07) is 16.0. The number of amides is 3. The Kier molecular flexibility index (Phi) is 5.79. The van der Waals surface area contributed by atoms with E-state index in [1.165, 1.54) is 12.1 Å². The number of nitrogens with one attached hydrogen (secondary N) is 3. The van der Waals surface area contributed by atoms with Crippen LogP contribution in [0.1, 0.15) is 24.1 Å². The maximum absolute atomic E-state index is 13.3. The van der Waals surface area contributed by atoms with E-state index in [0.717, 1.165) is 23.0 Å². The zero-order valence-corrected chi connectivity index (χ0v) is 18.9. The number of anilines is 1. The molecule has 10 heteroatoms. The van der Waals surface area contributed by atoms with Crippen LogP contribution in [0.15, 0.2) is 77.9 Å². The average molecular weight is 491 g/mol. The molecule has 1 aliphatic rings. The molecule has 3 N–H and O–H groups in total. The summed E-state index contributed by atoms with van der Waals surface area (Å²) in [5.41, 5.74) is 3.05. The highest BCUT2D eigenvalue weighted by molar-refractivity contribution is 6.13. The van der Waals surface area contributed by atoms with E-state index in [1.54, 1.807) is 55.6 Å². The molecular weight excluding hydrogens is 471 g/mol. The number of urea groups is 1. The molecule has 4 aromatic rings. The van der Waals surface area contributed by atoms with Crippen molar-refractivity contribution >= 4 is 34.2 Å². The Morgan fingerprint density at radius 1 is 0.972 bits per heavy atom. The van der Waals surface area contributed by atoms with Gasteiger partial charge in [0.25, 0.3) is 0 Å². The topological polar surface area (TPSA) is 99.2 Å². The molecule has 7 nitrogen and oxygen atoms in total. The van der Waals surface area contributed by atoms with E-state index in [1.807, 2.05) is 0 Å². The van der Waals surface area contributed by atoms with Gasteiger partial charge in [0.2, 0.25) is 5.91 Å². The van der Waals surface area contributed by atoms with Crippen LogP contribution >= 0.6 is 0 Å². The van der Waals surface area contributed by atoms with Crippen molar-refractivity contribution in [3.63, 3.8) is 0 Å². The number of carbonyl (C=O) groups is 2. The first kappa shape index (κ1) is 23.3. The van der Waals surface area contributed by atoms with E-state index < -0.39 is 29.7 Å². The van der Waals surface area contributed by atoms with Crippen LogP contribution in [0.2, 0.25) is 0 Å². The van der Waals surface area contributed by atoms with Crippen LogP contribution < -0.4 is 10.6 Å².